The first-order valence-corrected chi connectivity index (χ1v) is 9.38. The van der Waals surface area contributed by atoms with Gasteiger partial charge in [-0.3, -0.25) is 4.79 Å². The molecule has 0 aromatic heterocycles. The summed E-state index contributed by atoms with van der Waals surface area (Å²) in [5.41, 5.74) is 0.918. The molecule has 0 N–H and O–H groups in total. The van der Waals surface area contributed by atoms with Crippen LogP contribution in [0.5, 0.6) is 11.5 Å². The Labute approximate surface area is 155 Å². The van der Waals surface area contributed by atoms with E-state index in [2.05, 4.69) is 26.5 Å². The van der Waals surface area contributed by atoms with E-state index in [-0.39, 0.29) is 18.1 Å². The van der Waals surface area contributed by atoms with E-state index in [1.807, 2.05) is 17.0 Å². The molecule has 0 aliphatic carbocycles. The molecule has 0 atom stereocenters. The van der Waals surface area contributed by atoms with E-state index in [1.54, 1.807) is 6.08 Å². The van der Waals surface area contributed by atoms with Gasteiger partial charge in [0, 0.05) is 31.7 Å². The molecule has 5 nitrogen and oxygen atoms in total. The van der Waals surface area contributed by atoms with Crippen LogP contribution in [0.15, 0.2) is 30.9 Å². The van der Waals surface area contributed by atoms with Crippen LogP contribution in [0.2, 0.25) is 0 Å². The van der Waals surface area contributed by atoms with Gasteiger partial charge in [-0.25, -0.2) is 0 Å². The lowest BCUT2D eigenvalue weighted by Crippen LogP contribution is -2.41. The number of hydrogen-bond acceptors (Lipinski definition) is 4. The zero-order valence-electron chi connectivity index (χ0n) is 15.8. The average Bonchev–Trinajstić information content (AvgIpc) is 2.95. The molecule has 1 aromatic carbocycles. The normalized spacial score (nSPS) is 18.9. The largest absolute Gasteiger partial charge is 0.483 e. The van der Waals surface area contributed by atoms with Crippen molar-refractivity contribution in [3.63, 3.8) is 0 Å². The number of benzene rings is 1. The number of rotatable bonds is 7. The van der Waals surface area contributed by atoms with E-state index in [4.69, 9.17) is 14.2 Å². The first-order valence-electron chi connectivity index (χ1n) is 9.38. The Bertz CT molecular complexity index is 647. The van der Waals surface area contributed by atoms with Crippen molar-refractivity contribution in [2.75, 3.05) is 32.9 Å². The minimum Gasteiger partial charge on any atom is -0.483 e. The van der Waals surface area contributed by atoms with Crippen molar-refractivity contribution in [3.8, 4) is 11.5 Å². The SMILES string of the molecule is C=CCOCC1CCN(C(=O)COc2cccc3c2OC(C)(C)C3)CC1. The van der Waals surface area contributed by atoms with Gasteiger partial charge in [-0.05, 0) is 38.7 Å². The van der Waals surface area contributed by atoms with Crippen LogP contribution in [-0.2, 0) is 16.0 Å². The number of carbonyl (C=O) groups is 1. The fraction of sp³-hybridized carbons (Fsp3) is 0.571. The zero-order valence-corrected chi connectivity index (χ0v) is 15.8. The molecule has 1 saturated heterocycles. The second kappa shape index (κ2) is 8.12. The van der Waals surface area contributed by atoms with E-state index in [9.17, 15) is 4.79 Å². The molecule has 1 amide bonds. The predicted molar refractivity (Wildman–Crippen MR) is 101 cm³/mol. The fourth-order valence-electron chi connectivity index (χ4n) is 3.60. The molecule has 26 heavy (non-hydrogen) atoms. The summed E-state index contributed by atoms with van der Waals surface area (Å²) in [7, 11) is 0. The van der Waals surface area contributed by atoms with E-state index >= 15 is 0 Å². The van der Waals surface area contributed by atoms with E-state index in [1.165, 1.54) is 0 Å². The Morgan fingerprint density at radius 2 is 2.15 bits per heavy atom. The minimum atomic E-state index is -0.221. The van der Waals surface area contributed by atoms with Gasteiger partial charge in [0.15, 0.2) is 18.1 Å². The van der Waals surface area contributed by atoms with Crippen molar-refractivity contribution >= 4 is 5.91 Å². The molecule has 0 saturated carbocycles. The molecule has 2 aliphatic rings. The van der Waals surface area contributed by atoms with Gasteiger partial charge < -0.3 is 19.1 Å². The number of para-hydroxylation sites is 1. The number of carbonyl (C=O) groups excluding carboxylic acids is 1. The number of ether oxygens (including phenoxy) is 3. The molecule has 5 heteroatoms. The summed E-state index contributed by atoms with van der Waals surface area (Å²) in [6.45, 7) is 10.7. The lowest BCUT2D eigenvalue weighted by Gasteiger charge is -2.31. The van der Waals surface area contributed by atoms with Crippen LogP contribution in [0.3, 0.4) is 0 Å². The van der Waals surface area contributed by atoms with E-state index in [0.717, 1.165) is 50.3 Å². The van der Waals surface area contributed by atoms with Gasteiger partial charge in [0.1, 0.15) is 5.60 Å². The predicted octanol–water partition coefficient (Wildman–Crippen LogP) is 3.22. The molecule has 2 heterocycles. The first-order chi connectivity index (χ1) is 12.5. The Kier molecular flexibility index (Phi) is 5.87. The smallest absolute Gasteiger partial charge is 0.260 e. The van der Waals surface area contributed by atoms with Crippen molar-refractivity contribution in [3.05, 3.63) is 36.4 Å². The molecule has 1 aromatic rings. The van der Waals surface area contributed by atoms with Crippen LogP contribution in [0.25, 0.3) is 0 Å². The van der Waals surface area contributed by atoms with Crippen LogP contribution in [0, 0.1) is 5.92 Å². The fourth-order valence-corrected chi connectivity index (χ4v) is 3.60. The molecular formula is C21H29NO4. The van der Waals surface area contributed by atoms with Crippen molar-refractivity contribution in [1.29, 1.82) is 0 Å². The summed E-state index contributed by atoms with van der Waals surface area (Å²) in [6, 6.07) is 5.88. The lowest BCUT2D eigenvalue weighted by molar-refractivity contribution is -0.135. The molecule has 0 bridgehead atoms. The Balaban J connectivity index is 1.47. The maximum absolute atomic E-state index is 12.5. The molecule has 1 fully saturated rings. The highest BCUT2D eigenvalue weighted by atomic mass is 16.5. The molecule has 0 unspecified atom stereocenters. The number of amides is 1. The first kappa shape index (κ1) is 18.8. The lowest BCUT2D eigenvalue weighted by atomic mass is 9.98. The Hall–Kier alpha value is -2.01. The number of likely N-dealkylation sites (tertiary alicyclic amines) is 1. The van der Waals surface area contributed by atoms with Crippen LogP contribution >= 0.6 is 0 Å². The summed E-state index contributed by atoms with van der Waals surface area (Å²) in [5, 5.41) is 0. The molecule has 0 radical (unpaired) electrons. The quantitative estimate of drug-likeness (QED) is 0.554. The molecule has 142 valence electrons. The second-order valence-electron chi connectivity index (χ2n) is 7.72. The van der Waals surface area contributed by atoms with Crippen LogP contribution in [-0.4, -0.2) is 49.3 Å². The van der Waals surface area contributed by atoms with Crippen molar-refractivity contribution in [2.24, 2.45) is 5.92 Å². The number of hydrogen-bond donors (Lipinski definition) is 0. The summed E-state index contributed by atoms with van der Waals surface area (Å²) in [4.78, 5) is 14.4. The second-order valence-corrected chi connectivity index (χ2v) is 7.72. The molecule has 2 aliphatic heterocycles. The summed E-state index contributed by atoms with van der Waals surface area (Å²) < 4.78 is 17.3. The Morgan fingerprint density at radius 3 is 2.88 bits per heavy atom. The highest BCUT2D eigenvalue weighted by molar-refractivity contribution is 5.78. The monoisotopic (exact) mass is 359 g/mol. The Morgan fingerprint density at radius 1 is 1.38 bits per heavy atom. The number of fused-ring (bicyclic) bond motifs is 1. The highest BCUT2D eigenvalue weighted by Gasteiger charge is 2.32. The van der Waals surface area contributed by atoms with Gasteiger partial charge in [-0.15, -0.1) is 6.58 Å². The van der Waals surface area contributed by atoms with E-state index < -0.39 is 0 Å². The average molecular weight is 359 g/mol. The molecule has 3 rings (SSSR count). The topological polar surface area (TPSA) is 48.0 Å². The molecular weight excluding hydrogens is 330 g/mol. The highest BCUT2D eigenvalue weighted by Crippen LogP contribution is 2.41. The van der Waals surface area contributed by atoms with Gasteiger partial charge in [0.2, 0.25) is 0 Å². The van der Waals surface area contributed by atoms with Crippen LogP contribution < -0.4 is 9.47 Å². The molecule has 0 spiro atoms. The van der Waals surface area contributed by atoms with Crippen LogP contribution in [0.1, 0.15) is 32.3 Å². The third-order valence-electron chi connectivity index (χ3n) is 4.96. The van der Waals surface area contributed by atoms with Gasteiger partial charge in [-0.2, -0.15) is 0 Å². The number of piperidine rings is 1. The van der Waals surface area contributed by atoms with Crippen molar-refractivity contribution in [1.82, 2.24) is 4.90 Å². The van der Waals surface area contributed by atoms with Gasteiger partial charge in [0.25, 0.3) is 5.91 Å². The maximum Gasteiger partial charge on any atom is 0.260 e. The van der Waals surface area contributed by atoms with Crippen LogP contribution in [0.4, 0.5) is 0 Å². The third kappa shape index (κ3) is 4.58. The maximum atomic E-state index is 12.5. The van der Waals surface area contributed by atoms with Crippen molar-refractivity contribution in [2.45, 2.75) is 38.7 Å². The number of nitrogens with zero attached hydrogens (tertiary/aromatic N) is 1. The minimum absolute atomic E-state index is 0.0327. The summed E-state index contributed by atoms with van der Waals surface area (Å²) >= 11 is 0. The van der Waals surface area contributed by atoms with Gasteiger partial charge >= 0.3 is 0 Å². The zero-order chi connectivity index (χ0) is 18.6. The standard InChI is InChI=1S/C21H29NO4/c1-4-12-24-14-16-8-10-22(11-9-16)19(23)15-25-18-7-5-6-17-13-21(2,3)26-20(17)18/h4-7,16H,1,8-15H2,2-3H3. The summed E-state index contributed by atoms with van der Waals surface area (Å²) in [6.07, 6.45) is 4.57. The van der Waals surface area contributed by atoms with E-state index in [0.29, 0.717) is 18.3 Å². The van der Waals surface area contributed by atoms with Crippen molar-refractivity contribution < 1.29 is 19.0 Å². The summed E-state index contributed by atoms with van der Waals surface area (Å²) in [5.74, 6) is 2.00. The van der Waals surface area contributed by atoms with Gasteiger partial charge in [-0.1, -0.05) is 18.2 Å². The van der Waals surface area contributed by atoms with Gasteiger partial charge in [0.05, 0.1) is 6.61 Å². The third-order valence-corrected chi connectivity index (χ3v) is 4.96.